The van der Waals surface area contributed by atoms with Crippen LogP contribution in [0.25, 0.3) is 0 Å². The summed E-state index contributed by atoms with van der Waals surface area (Å²) < 4.78 is 0. The first-order valence-electron chi connectivity index (χ1n) is 5.32. The van der Waals surface area contributed by atoms with E-state index in [1.165, 1.54) is 5.56 Å². The fourth-order valence-corrected chi connectivity index (χ4v) is 1.31. The fraction of sp³-hybridized carbons (Fsp3) is 0.333. The van der Waals surface area contributed by atoms with E-state index in [4.69, 9.17) is 6.42 Å². The van der Waals surface area contributed by atoms with E-state index >= 15 is 0 Å². The number of hydrogen-bond acceptors (Lipinski definition) is 0. The first-order valence-corrected chi connectivity index (χ1v) is 5.32. The van der Waals surface area contributed by atoms with Crippen molar-refractivity contribution in [2.45, 2.75) is 32.6 Å². The molecule has 1 rings (SSSR count). The highest BCUT2D eigenvalue weighted by Crippen LogP contribution is 2.05. The minimum absolute atomic E-state index is 0.867. The Hall–Kier alpha value is -1.66. The molecular weight excluding hydrogens is 180 g/mol. The lowest BCUT2D eigenvalue weighted by molar-refractivity contribution is 0.783. The van der Waals surface area contributed by atoms with Crippen molar-refractivity contribution >= 4 is 0 Å². The van der Waals surface area contributed by atoms with E-state index in [-0.39, 0.29) is 0 Å². The van der Waals surface area contributed by atoms with E-state index in [1.54, 1.807) is 0 Å². The van der Waals surface area contributed by atoms with Crippen LogP contribution in [0.2, 0.25) is 0 Å². The number of hydrogen-bond donors (Lipinski definition) is 0. The normalized spacial score (nSPS) is 8.80. The molecule has 0 heteroatoms. The Morgan fingerprint density at radius 3 is 2.60 bits per heavy atom. The molecule has 0 spiro atoms. The Kier molecular flexibility index (Phi) is 5.13. The third-order valence-corrected chi connectivity index (χ3v) is 2.24. The van der Waals surface area contributed by atoms with Crippen molar-refractivity contribution in [2.75, 3.05) is 0 Å². The standard InChI is InChI=1S/C15H16/c1-3-4-5-6-7-8-12-15-13-10-9-11-14(15)2/h1,9-11,13H,4-7H2,2H3. The van der Waals surface area contributed by atoms with Crippen LogP contribution in [0.4, 0.5) is 0 Å². The molecule has 0 N–H and O–H groups in total. The first-order chi connectivity index (χ1) is 7.34. The number of rotatable bonds is 3. The fourth-order valence-electron chi connectivity index (χ4n) is 1.31. The Labute approximate surface area is 92.7 Å². The monoisotopic (exact) mass is 196 g/mol. The number of aryl methyl sites for hydroxylation is 1. The topological polar surface area (TPSA) is 0 Å². The van der Waals surface area contributed by atoms with E-state index in [1.807, 2.05) is 12.1 Å². The lowest BCUT2D eigenvalue weighted by Crippen LogP contribution is -1.80. The van der Waals surface area contributed by atoms with Gasteiger partial charge in [0.15, 0.2) is 0 Å². The first kappa shape index (κ1) is 11.4. The highest BCUT2D eigenvalue weighted by molar-refractivity contribution is 5.40. The van der Waals surface area contributed by atoms with Crippen LogP contribution < -0.4 is 0 Å². The van der Waals surface area contributed by atoms with E-state index in [2.05, 4.69) is 36.8 Å². The van der Waals surface area contributed by atoms with Crippen molar-refractivity contribution in [3.8, 4) is 24.2 Å². The molecule has 0 atom stereocenters. The van der Waals surface area contributed by atoms with Gasteiger partial charge in [-0.2, -0.15) is 0 Å². The summed E-state index contributed by atoms with van der Waals surface area (Å²) in [5.74, 6) is 9.01. The maximum absolute atomic E-state index is 5.17. The van der Waals surface area contributed by atoms with Gasteiger partial charge in [-0.15, -0.1) is 12.3 Å². The Morgan fingerprint density at radius 2 is 1.87 bits per heavy atom. The van der Waals surface area contributed by atoms with Crippen LogP contribution in [0.5, 0.6) is 0 Å². The van der Waals surface area contributed by atoms with Gasteiger partial charge in [-0.1, -0.05) is 30.0 Å². The van der Waals surface area contributed by atoms with Crippen molar-refractivity contribution < 1.29 is 0 Å². The number of terminal acetylenes is 1. The smallest absolute Gasteiger partial charge is 0.0274 e. The largest absolute Gasteiger partial charge is 0.120 e. The van der Waals surface area contributed by atoms with Crippen LogP contribution >= 0.6 is 0 Å². The van der Waals surface area contributed by atoms with Crippen LogP contribution in [-0.2, 0) is 0 Å². The van der Waals surface area contributed by atoms with Crippen LogP contribution in [0.1, 0.15) is 36.8 Å². The van der Waals surface area contributed by atoms with Crippen LogP contribution in [0, 0.1) is 31.1 Å². The SMILES string of the molecule is C#CCCCCC#Cc1ccccc1C. The predicted molar refractivity (Wildman–Crippen MR) is 65.4 cm³/mol. The molecule has 0 aliphatic carbocycles. The maximum atomic E-state index is 5.17. The summed E-state index contributed by atoms with van der Waals surface area (Å²) in [5, 5.41) is 0. The Bertz CT molecular complexity index is 396. The van der Waals surface area contributed by atoms with Crippen LogP contribution in [0.15, 0.2) is 24.3 Å². The number of benzene rings is 1. The van der Waals surface area contributed by atoms with Crippen molar-refractivity contribution in [3.63, 3.8) is 0 Å². The molecule has 0 aliphatic heterocycles. The molecule has 0 nitrogen and oxygen atoms in total. The third-order valence-electron chi connectivity index (χ3n) is 2.24. The maximum Gasteiger partial charge on any atom is 0.0274 e. The minimum Gasteiger partial charge on any atom is -0.120 e. The van der Waals surface area contributed by atoms with Gasteiger partial charge in [-0.3, -0.25) is 0 Å². The van der Waals surface area contributed by atoms with E-state index in [0.717, 1.165) is 31.2 Å². The average Bonchev–Trinajstić information content (AvgIpc) is 2.25. The molecular formula is C15H16. The summed E-state index contributed by atoms with van der Waals surface area (Å²) in [6.07, 6.45) is 9.16. The lowest BCUT2D eigenvalue weighted by atomic mass is 10.1. The summed E-state index contributed by atoms with van der Waals surface area (Å²) in [4.78, 5) is 0. The molecule has 15 heavy (non-hydrogen) atoms. The molecule has 0 fully saturated rings. The van der Waals surface area contributed by atoms with E-state index < -0.39 is 0 Å². The molecule has 76 valence electrons. The molecule has 1 aromatic rings. The van der Waals surface area contributed by atoms with Crippen molar-refractivity contribution in [1.29, 1.82) is 0 Å². The summed E-state index contributed by atoms with van der Waals surface area (Å²) in [7, 11) is 0. The molecule has 1 aromatic carbocycles. The second-order valence-corrected chi connectivity index (χ2v) is 3.53. The van der Waals surface area contributed by atoms with Crippen molar-refractivity contribution in [2.24, 2.45) is 0 Å². The molecule has 0 unspecified atom stereocenters. The Balaban J connectivity index is 2.39. The average molecular weight is 196 g/mol. The van der Waals surface area contributed by atoms with Gasteiger partial charge in [-0.25, -0.2) is 0 Å². The molecule has 0 saturated heterocycles. The Morgan fingerprint density at radius 1 is 1.13 bits per heavy atom. The highest BCUT2D eigenvalue weighted by Gasteiger charge is 1.89. The second-order valence-electron chi connectivity index (χ2n) is 3.53. The highest BCUT2D eigenvalue weighted by atomic mass is 13.9. The zero-order valence-electron chi connectivity index (χ0n) is 9.22. The van der Waals surface area contributed by atoms with Crippen molar-refractivity contribution in [3.05, 3.63) is 35.4 Å². The van der Waals surface area contributed by atoms with Gasteiger partial charge in [0.1, 0.15) is 0 Å². The summed E-state index contributed by atoms with van der Waals surface area (Å²) in [6, 6.07) is 8.20. The van der Waals surface area contributed by atoms with Gasteiger partial charge in [0.25, 0.3) is 0 Å². The predicted octanol–water partition coefficient (Wildman–Crippen LogP) is 3.54. The zero-order chi connectivity index (χ0) is 10.9. The molecule has 0 radical (unpaired) electrons. The van der Waals surface area contributed by atoms with Gasteiger partial charge in [0, 0.05) is 18.4 Å². The summed E-state index contributed by atoms with van der Waals surface area (Å²) in [6.45, 7) is 2.09. The molecule has 0 aliphatic rings. The van der Waals surface area contributed by atoms with Crippen molar-refractivity contribution in [1.82, 2.24) is 0 Å². The third kappa shape index (κ3) is 4.39. The quantitative estimate of drug-likeness (QED) is 0.512. The minimum atomic E-state index is 0.867. The van der Waals surface area contributed by atoms with Crippen LogP contribution in [0.3, 0.4) is 0 Å². The molecule has 0 amide bonds. The van der Waals surface area contributed by atoms with Gasteiger partial charge in [-0.05, 0) is 31.4 Å². The lowest BCUT2D eigenvalue weighted by Gasteiger charge is -1.94. The van der Waals surface area contributed by atoms with Gasteiger partial charge >= 0.3 is 0 Å². The second kappa shape index (κ2) is 6.74. The molecule has 0 aromatic heterocycles. The molecule has 0 heterocycles. The van der Waals surface area contributed by atoms with Gasteiger partial charge in [0.05, 0.1) is 0 Å². The van der Waals surface area contributed by atoms with Gasteiger partial charge < -0.3 is 0 Å². The zero-order valence-corrected chi connectivity index (χ0v) is 9.22. The van der Waals surface area contributed by atoms with E-state index in [9.17, 15) is 0 Å². The summed E-state index contributed by atoms with van der Waals surface area (Å²) >= 11 is 0. The van der Waals surface area contributed by atoms with Gasteiger partial charge in [0.2, 0.25) is 0 Å². The van der Waals surface area contributed by atoms with E-state index in [0.29, 0.717) is 0 Å². The number of unbranched alkanes of at least 4 members (excludes halogenated alkanes) is 3. The summed E-state index contributed by atoms with van der Waals surface area (Å²) in [5.41, 5.74) is 2.38. The molecule has 0 saturated carbocycles. The van der Waals surface area contributed by atoms with Crippen LogP contribution in [-0.4, -0.2) is 0 Å². The molecule has 0 bridgehead atoms.